The zero-order valence-corrected chi connectivity index (χ0v) is 9.91. The van der Waals surface area contributed by atoms with Crippen molar-refractivity contribution >= 4 is 15.6 Å². The molecule has 0 bridgehead atoms. The molecule has 3 unspecified atom stereocenters. The highest BCUT2D eigenvalue weighted by Crippen LogP contribution is 2.23. The molecule has 0 aliphatic heterocycles. The molecule has 0 aromatic heterocycles. The van der Waals surface area contributed by atoms with Gasteiger partial charge >= 0.3 is 0 Å². The first-order valence-electron chi connectivity index (χ1n) is 4.85. The van der Waals surface area contributed by atoms with Gasteiger partial charge in [-0.3, -0.25) is 9.53 Å². The second-order valence-corrected chi connectivity index (χ2v) is 5.80. The molecular weight excluding hydrogens is 229 g/mol. The van der Waals surface area contributed by atoms with E-state index in [9.17, 15) is 13.7 Å². The van der Waals surface area contributed by atoms with Crippen LogP contribution in [0.2, 0.25) is 0 Å². The van der Waals surface area contributed by atoms with Crippen molar-refractivity contribution in [3.05, 3.63) is 29.8 Å². The molecule has 0 aliphatic rings. The van der Waals surface area contributed by atoms with Crippen LogP contribution in [0.3, 0.4) is 0 Å². The van der Waals surface area contributed by atoms with E-state index in [0.717, 1.165) is 0 Å². The predicted molar refractivity (Wildman–Crippen MR) is 64.3 cm³/mol. The summed E-state index contributed by atoms with van der Waals surface area (Å²) in [5, 5.41) is 15.1. The Kier molecular flexibility index (Phi) is 4.07. The normalized spacial score (nSPS) is 18.8. The summed E-state index contributed by atoms with van der Waals surface area (Å²) in [7, 11) is -2.73. The lowest BCUT2D eigenvalue weighted by atomic mass is 9.99. The summed E-state index contributed by atoms with van der Waals surface area (Å²) < 4.78 is 23.8. The maximum absolute atomic E-state index is 12.4. The highest BCUT2D eigenvalue weighted by Gasteiger charge is 2.16. The van der Waals surface area contributed by atoms with E-state index in [1.54, 1.807) is 31.2 Å². The number of alkyl halides is 1. The van der Waals surface area contributed by atoms with Crippen molar-refractivity contribution in [1.82, 2.24) is 0 Å². The van der Waals surface area contributed by atoms with Gasteiger partial charge in [0, 0.05) is 10.8 Å². The van der Waals surface area contributed by atoms with Crippen LogP contribution in [0.5, 0.6) is 0 Å². The summed E-state index contributed by atoms with van der Waals surface area (Å²) in [4.78, 5) is 0.413. The third kappa shape index (κ3) is 3.04. The van der Waals surface area contributed by atoms with Crippen molar-refractivity contribution in [2.24, 2.45) is 11.1 Å². The first-order valence-corrected chi connectivity index (χ1v) is 6.64. The number of nitrogens with two attached hydrogens (primary N) is 1. The lowest BCUT2D eigenvalue weighted by molar-refractivity contribution is 0.101. The lowest BCUT2D eigenvalue weighted by Crippen LogP contribution is -2.13. The van der Waals surface area contributed by atoms with Gasteiger partial charge < -0.3 is 5.11 Å². The highest BCUT2D eigenvalue weighted by atomic mass is 32.2. The molecule has 0 aliphatic carbocycles. The topological polar surface area (TPSA) is 63.3 Å². The molecule has 0 radical (unpaired) electrons. The van der Waals surface area contributed by atoms with Crippen LogP contribution in [-0.2, 0) is 9.71 Å². The van der Waals surface area contributed by atoms with Gasteiger partial charge in [-0.1, -0.05) is 19.1 Å². The van der Waals surface area contributed by atoms with Gasteiger partial charge in [-0.15, -0.1) is 0 Å². The van der Waals surface area contributed by atoms with Crippen LogP contribution in [0.25, 0.3) is 0 Å². The van der Waals surface area contributed by atoms with Gasteiger partial charge in [0.25, 0.3) is 0 Å². The standard InChI is InChI=1S/C11H16FNO2S/c1-8(7-12)11(14)9-3-5-10(6-4-9)16(2,13)15/h3-6,8,11,14H,2,7H2,1H3,(H2,13,15). The van der Waals surface area contributed by atoms with Crippen molar-refractivity contribution in [3.63, 3.8) is 0 Å². The number of hydrogen-bond donors (Lipinski definition) is 2. The molecule has 1 rings (SSSR count). The molecule has 0 fully saturated rings. The van der Waals surface area contributed by atoms with E-state index in [4.69, 9.17) is 5.14 Å². The molecule has 0 saturated heterocycles. The molecule has 90 valence electrons. The first kappa shape index (κ1) is 13.2. The Morgan fingerprint density at radius 1 is 1.50 bits per heavy atom. The minimum Gasteiger partial charge on any atom is -0.388 e. The molecule has 1 aromatic rings. The molecule has 3 atom stereocenters. The largest absolute Gasteiger partial charge is 0.388 e. The summed E-state index contributed by atoms with van der Waals surface area (Å²) in [6.45, 7) is 1.03. The van der Waals surface area contributed by atoms with Gasteiger partial charge in [0.15, 0.2) is 0 Å². The number of aliphatic hydroxyl groups excluding tert-OH is 1. The minimum atomic E-state index is -2.73. The molecule has 5 heteroatoms. The van der Waals surface area contributed by atoms with Crippen molar-refractivity contribution in [2.75, 3.05) is 6.67 Å². The first-order chi connectivity index (χ1) is 7.36. The second-order valence-electron chi connectivity index (χ2n) is 3.87. The van der Waals surface area contributed by atoms with Gasteiger partial charge in [-0.05, 0) is 23.6 Å². The summed E-state index contributed by atoms with van der Waals surface area (Å²) >= 11 is 0. The maximum atomic E-state index is 12.4. The van der Waals surface area contributed by atoms with Crippen molar-refractivity contribution < 1.29 is 13.7 Å². The predicted octanol–water partition coefficient (Wildman–Crippen LogP) is 1.27. The molecule has 0 spiro atoms. The molecule has 3 nitrogen and oxygen atoms in total. The van der Waals surface area contributed by atoms with E-state index >= 15 is 0 Å². The molecule has 0 saturated carbocycles. The number of aliphatic hydroxyl groups is 1. The Hall–Kier alpha value is -0.910. The number of benzene rings is 1. The van der Waals surface area contributed by atoms with E-state index in [-0.39, 0.29) is 0 Å². The van der Waals surface area contributed by atoms with Crippen molar-refractivity contribution in [2.45, 2.75) is 17.9 Å². The van der Waals surface area contributed by atoms with Crippen LogP contribution in [-0.4, -0.2) is 21.9 Å². The third-order valence-corrected chi connectivity index (χ3v) is 3.47. The Balaban J connectivity index is 2.96. The third-order valence-electron chi connectivity index (χ3n) is 2.40. The van der Waals surface area contributed by atoms with Gasteiger partial charge in [-0.25, -0.2) is 4.21 Å². The lowest BCUT2D eigenvalue weighted by Gasteiger charge is -2.16. The summed E-state index contributed by atoms with van der Waals surface area (Å²) in [5.74, 6) is 2.88. The molecule has 3 N–H and O–H groups in total. The highest BCUT2D eigenvalue weighted by molar-refractivity contribution is 7.98. The zero-order chi connectivity index (χ0) is 12.3. The zero-order valence-electron chi connectivity index (χ0n) is 9.10. The van der Waals surface area contributed by atoms with Gasteiger partial charge in [0.05, 0.1) is 22.5 Å². The minimum absolute atomic E-state index is 0.413. The Morgan fingerprint density at radius 3 is 2.38 bits per heavy atom. The fraction of sp³-hybridized carbons (Fsp3) is 0.364. The Bertz CT molecular complexity index is 442. The van der Waals surface area contributed by atoms with Crippen LogP contribution in [0.4, 0.5) is 4.39 Å². The average Bonchev–Trinajstić information content (AvgIpc) is 2.26. The van der Waals surface area contributed by atoms with E-state index < -0.39 is 28.4 Å². The molecular formula is C11H16FNO2S. The summed E-state index contributed by atoms with van der Waals surface area (Å²) in [5.41, 5.74) is 0.581. The van der Waals surface area contributed by atoms with Crippen molar-refractivity contribution in [1.29, 1.82) is 0 Å². The van der Waals surface area contributed by atoms with E-state index in [1.807, 2.05) is 0 Å². The summed E-state index contributed by atoms with van der Waals surface area (Å²) in [6.07, 6.45) is -0.863. The molecule has 0 amide bonds. The quantitative estimate of drug-likeness (QED) is 0.785. The van der Waals surface area contributed by atoms with Crippen LogP contribution in [0.1, 0.15) is 18.6 Å². The SMILES string of the molecule is C=S(N)(=O)c1ccc(C(O)C(C)CF)cc1. The average molecular weight is 245 g/mol. The van der Waals surface area contributed by atoms with Crippen LogP contribution in [0.15, 0.2) is 29.2 Å². The monoisotopic (exact) mass is 245 g/mol. The molecule has 16 heavy (non-hydrogen) atoms. The second kappa shape index (κ2) is 4.95. The van der Waals surface area contributed by atoms with E-state index in [2.05, 4.69) is 5.87 Å². The van der Waals surface area contributed by atoms with Crippen LogP contribution in [0, 0.1) is 5.92 Å². The number of hydrogen-bond acceptors (Lipinski definition) is 2. The Morgan fingerprint density at radius 2 is 2.00 bits per heavy atom. The van der Waals surface area contributed by atoms with E-state index in [0.29, 0.717) is 10.5 Å². The van der Waals surface area contributed by atoms with Crippen LogP contribution >= 0.6 is 0 Å². The molecule has 0 heterocycles. The van der Waals surface area contributed by atoms with Gasteiger partial charge in [-0.2, -0.15) is 0 Å². The summed E-state index contributed by atoms with van der Waals surface area (Å²) in [6, 6.07) is 6.26. The van der Waals surface area contributed by atoms with Gasteiger partial charge in [0.1, 0.15) is 0 Å². The maximum Gasteiger partial charge on any atom is 0.0948 e. The fourth-order valence-electron chi connectivity index (χ4n) is 1.31. The van der Waals surface area contributed by atoms with E-state index in [1.165, 1.54) is 0 Å². The number of halogens is 1. The smallest absolute Gasteiger partial charge is 0.0948 e. The Labute approximate surface area is 95.2 Å². The van der Waals surface area contributed by atoms with Crippen LogP contribution < -0.4 is 5.14 Å². The molecule has 1 aromatic carbocycles. The fourth-order valence-corrected chi connectivity index (χ4v) is 1.91. The van der Waals surface area contributed by atoms with Crippen molar-refractivity contribution in [3.8, 4) is 0 Å². The van der Waals surface area contributed by atoms with Gasteiger partial charge in [0.2, 0.25) is 0 Å². The number of rotatable bonds is 4.